The number of hydrogen-bond acceptors (Lipinski definition) is 5. The van der Waals surface area contributed by atoms with Crippen LogP contribution in [-0.2, 0) is 4.79 Å². The minimum atomic E-state index is -0.110. The van der Waals surface area contributed by atoms with Gasteiger partial charge in [0.05, 0.1) is 22.9 Å². The lowest BCUT2D eigenvalue weighted by atomic mass is 10.1. The number of aromatic nitrogens is 2. The fraction of sp³-hybridized carbons (Fsp3) is 0.192. The molecule has 0 saturated carbocycles. The Bertz CT molecular complexity index is 1200. The molecule has 0 N–H and O–H groups in total. The molecule has 3 aromatic rings. The molecule has 0 atom stereocenters. The van der Waals surface area contributed by atoms with Crippen LogP contribution in [0.25, 0.3) is 23.0 Å². The number of carbonyl (C=O) groups excluding carboxylic acids is 1. The first-order valence-electron chi connectivity index (χ1n) is 10.7. The summed E-state index contributed by atoms with van der Waals surface area (Å²) in [6.07, 6.45) is 5.48. The molecule has 1 aromatic heterocycles. The zero-order valence-corrected chi connectivity index (χ0v) is 20.2. The van der Waals surface area contributed by atoms with Gasteiger partial charge in [0.1, 0.15) is 10.1 Å². The molecule has 33 heavy (non-hydrogen) atoms. The quantitative estimate of drug-likeness (QED) is 0.228. The van der Waals surface area contributed by atoms with E-state index in [-0.39, 0.29) is 5.91 Å². The first-order valence-corrected chi connectivity index (χ1v) is 11.9. The Hall–Kier alpha value is -3.16. The third-order valence-electron chi connectivity index (χ3n) is 4.95. The molecule has 2 heterocycles. The van der Waals surface area contributed by atoms with Crippen molar-refractivity contribution in [2.24, 2.45) is 5.92 Å². The van der Waals surface area contributed by atoms with Gasteiger partial charge in [-0.3, -0.25) is 9.69 Å². The van der Waals surface area contributed by atoms with Crippen LogP contribution in [0, 0.1) is 5.92 Å². The highest BCUT2D eigenvalue weighted by Crippen LogP contribution is 2.35. The average molecular weight is 476 g/mol. The van der Waals surface area contributed by atoms with Gasteiger partial charge in [0.2, 0.25) is 0 Å². The number of para-hydroxylation sites is 1. The number of thiocarbonyl (C=S) groups is 1. The van der Waals surface area contributed by atoms with Crippen LogP contribution in [0.15, 0.2) is 78.4 Å². The summed E-state index contributed by atoms with van der Waals surface area (Å²) in [4.78, 5) is 15.0. The van der Waals surface area contributed by atoms with E-state index < -0.39 is 0 Å². The molecule has 4 rings (SSSR count). The summed E-state index contributed by atoms with van der Waals surface area (Å²) >= 11 is 6.69. The summed E-state index contributed by atoms with van der Waals surface area (Å²) in [7, 11) is 0. The summed E-state index contributed by atoms with van der Waals surface area (Å²) in [6.45, 7) is 9.02. The molecule has 0 bridgehead atoms. The van der Waals surface area contributed by atoms with Crippen LogP contribution in [-0.4, -0.2) is 38.1 Å². The highest BCUT2D eigenvalue weighted by molar-refractivity contribution is 8.26. The molecule has 7 heteroatoms. The maximum absolute atomic E-state index is 12.9. The van der Waals surface area contributed by atoms with Gasteiger partial charge in [-0.2, -0.15) is 5.10 Å². The molecule has 1 aliphatic heterocycles. The van der Waals surface area contributed by atoms with Crippen LogP contribution in [0.3, 0.4) is 0 Å². The molecule has 0 aliphatic carbocycles. The molecule has 0 radical (unpaired) electrons. The number of benzene rings is 2. The summed E-state index contributed by atoms with van der Waals surface area (Å²) in [5.41, 5.74) is 3.50. The lowest BCUT2D eigenvalue weighted by Gasteiger charge is -2.10. The molecule has 168 valence electrons. The number of ether oxygens (including phenoxy) is 1. The fourth-order valence-electron chi connectivity index (χ4n) is 3.33. The monoisotopic (exact) mass is 475 g/mol. The lowest BCUT2D eigenvalue weighted by molar-refractivity contribution is -0.121. The van der Waals surface area contributed by atoms with Crippen molar-refractivity contribution in [3.8, 4) is 22.7 Å². The van der Waals surface area contributed by atoms with Crippen LogP contribution in [0.4, 0.5) is 0 Å². The largest absolute Gasteiger partial charge is 0.493 e. The highest BCUT2D eigenvalue weighted by Gasteiger charge is 2.31. The molecule has 1 saturated heterocycles. The van der Waals surface area contributed by atoms with Gasteiger partial charge in [-0.1, -0.05) is 62.1 Å². The van der Waals surface area contributed by atoms with Gasteiger partial charge in [-0.05, 0) is 48.4 Å². The normalized spacial score (nSPS) is 15.0. The Morgan fingerprint density at radius 3 is 2.55 bits per heavy atom. The van der Waals surface area contributed by atoms with Gasteiger partial charge in [-0.25, -0.2) is 4.68 Å². The van der Waals surface area contributed by atoms with E-state index >= 15 is 0 Å². The minimum absolute atomic E-state index is 0.110. The summed E-state index contributed by atoms with van der Waals surface area (Å²) in [5.74, 6) is 1.17. The molecule has 1 fully saturated rings. The molecular weight excluding hydrogens is 450 g/mol. The Morgan fingerprint density at radius 2 is 1.88 bits per heavy atom. The van der Waals surface area contributed by atoms with Gasteiger partial charge in [0, 0.05) is 23.9 Å². The summed E-state index contributed by atoms with van der Waals surface area (Å²) < 4.78 is 8.18. The number of nitrogens with zero attached hydrogens (tertiary/aromatic N) is 3. The van der Waals surface area contributed by atoms with Crippen molar-refractivity contribution in [1.29, 1.82) is 0 Å². The van der Waals surface area contributed by atoms with E-state index in [9.17, 15) is 4.79 Å². The maximum Gasteiger partial charge on any atom is 0.266 e. The maximum atomic E-state index is 12.9. The van der Waals surface area contributed by atoms with E-state index in [1.807, 2.05) is 71.6 Å². The number of hydrogen-bond donors (Lipinski definition) is 0. The predicted octanol–water partition coefficient (Wildman–Crippen LogP) is 5.96. The smallest absolute Gasteiger partial charge is 0.266 e. The fourth-order valence-corrected chi connectivity index (χ4v) is 4.60. The van der Waals surface area contributed by atoms with Crippen LogP contribution >= 0.6 is 24.0 Å². The number of thioether (sulfide) groups is 1. The predicted molar refractivity (Wildman–Crippen MR) is 139 cm³/mol. The van der Waals surface area contributed by atoms with Gasteiger partial charge < -0.3 is 4.74 Å². The highest BCUT2D eigenvalue weighted by atomic mass is 32.2. The van der Waals surface area contributed by atoms with Crippen LogP contribution < -0.4 is 4.74 Å². The molecule has 5 nitrogen and oxygen atoms in total. The van der Waals surface area contributed by atoms with Crippen molar-refractivity contribution in [3.05, 3.63) is 83.9 Å². The second kappa shape index (κ2) is 10.2. The molecule has 1 amide bonds. The van der Waals surface area contributed by atoms with Gasteiger partial charge >= 0.3 is 0 Å². The molecule has 0 unspecified atom stereocenters. The van der Waals surface area contributed by atoms with Crippen molar-refractivity contribution >= 4 is 40.3 Å². The van der Waals surface area contributed by atoms with E-state index in [1.54, 1.807) is 11.0 Å². The first-order chi connectivity index (χ1) is 16.0. The molecule has 0 spiro atoms. The summed E-state index contributed by atoms with van der Waals surface area (Å²) in [6, 6.07) is 17.8. The van der Waals surface area contributed by atoms with E-state index in [0.717, 1.165) is 28.3 Å². The van der Waals surface area contributed by atoms with Gasteiger partial charge in [-0.15, -0.1) is 6.58 Å². The zero-order chi connectivity index (χ0) is 23.4. The van der Waals surface area contributed by atoms with E-state index in [4.69, 9.17) is 22.1 Å². The number of rotatable bonds is 8. The van der Waals surface area contributed by atoms with Crippen molar-refractivity contribution in [1.82, 2.24) is 14.7 Å². The second-order valence-electron chi connectivity index (χ2n) is 8.02. The van der Waals surface area contributed by atoms with E-state index in [2.05, 4.69) is 20.4 Å². The molecular formula is C26H25N3O2S2. The molecule has 2 aromatic carbocycles. The van der Waals surface area contributed by atoms with Crippen LogP contribution in [0.5, 0.6) is 5.75 Å². The first kappa shape index (κ1) is 23.0. The number of amides is 1. The van der Waals surface area contributed by atoms with Crippen molar-refractivity contribution in [2.75, 3.05) is 13.2 Å². The number of carbonyl (C=O) groups is 1. The van der Waals surface area contributed by atoms with Gasteiger partial charge in [0.25, 0.3) is 5.91 Å². The standard InChI is InChI=1S/C26H25N3O2S2/c1-4-14-28-25(30)23(33-26(28)32)15-20-16-29(21-8-6-5-7-9-21)27-24(20)19-10-12-22(13-11-19)31-17-18(2)3/h4-13,15-16,18H,1,14,17H2,2-3H3/b23-15-. The van der Waals surface area contributed by atoms with Gasteiger partial charge in [0.15, 0.2) is 0 Å². The van der Waals surface area contributed by atoms with Crippen LogP contribution in [0.1, 0.15) is 19.4 Å². The zero-order valence-electron chi connectivity index (χ0n) is 18.6. The SMILES string of the molecule is C=CCN1C(=O)/C(=C/c2cn(-c3ccccc3)nc2-c2ccc(OCC(C)C)cc2)SC1=S. The molecule has 1 aliphatic rings. The van der Waals surface area contributed by atoms with Crippen molar-refractivity contribution in [3.63, 3.8) is 0 Å². The van der Waals surface area contributed by atoms with E-state index in [1.165, 1.54) is 11.8 Å². The lowest BCUT2D eigenvalue weighted by Crippen LogP contribution is -2.27. The Kier molecular flexibility index (Phi) is 7.11. The van der Waals surface area contributed by atoms with Crippen molar-refractivity contribution < 1.29 is 9.53 Å². The average Bonchev–Trinajstić information content (AvgIpc) is 3.35. The Morgan fingerprint density at radius 1 is 1.15 bits per heavy atom. The van der Waals surface area contributed by atoms with Crippen molar-refractivity contribution in [2.45, 2.75) is 13.8 Å². The van der Waals surface area contributed by atoms with E-state index in [0.29, 0.717) is 28.3 Å². The Labute approximate surface area is 203 Å². The Balaban J connectivity index is 1.72. The minimum Gasteiger partial charge on any atom is -0.493 e. The van der Waals surface area contributed by atoms with Crippen LogP contribution in [0.2, 0.25) is 0 Å². The topological polar surface area (TPSA) is 47.4 Å². The second-order valence-corrected chi connectivity index (χ2v) is 9.70. The summed E-state index contributed by atoms with van der Waals surface area (Å²) in [5, 5.41) is 4.84. The third-order valence-corrected chi connectivity index (χ3v) is 6.32. The third kappa shape index (κ3) is 5.26.